The Morgan fingerprint density at radius 1 is 1.82 bits per heavy atom. The number of alkyl halides is 1. The number of hydrogen-bond acceptors (Lipinski definition) is 2. The number of halogens is 1. The Morgan fingerprint density at radius 2 is 2.36 bits per heavy atom. The van der Waals surface area contributed by atoms with Crippen molar-refractivity contribution in [2.24, 2.45) is 0 Å². The van der Waals surface area contributed by atoms with Gasteiger partial charge in [0.25, 0.3) is 0 Å². The van der Waals surface area contributed by atoms with Gasteiger partial charge in [-0.1, -0.05) is 28.2 Å². The highest BCUT2D eigenvalue weighted by Gasteiger charge is 2.09. The van der Waals surface area contributed by atoms with Gasteiger partial charge in [0.2, 0.25) is 0 Å². The highest BCUT2D eigenvalue weighted by Crippen LogP contribution is 2.21. The van der Waals surface area contributed by atoms with E-state index in [9.17, 15) is 0 Å². The zero-order valence-electron chi connectivity index (χ0n) is 6.80. The minimum absolute atomic E-state index is 0.354. The first-order valence-electron chi connectivity index (χ1n) is 3.37. The first-order chi connectivity index (χ1) is 5.11. The van der Waals surface area contributed by atoms with E-state index < -0.39 is 0 Å². The molecule has 0 heterocycles. The van der Waals surface area contributed by atoms with Crippen LogP contribution in [0.3, 0.4) is 0 Å². The molecular weight excluding hydrogens is 271 g/mol. The predicted octanol–water partition coefficient (Wildman–Crippen LogP) is 3.52. The lowest BCUT2D eigenvalue weighted by Gasteiger charge is -2.10. The maximum atomic E-state index is 4.87. The van der Waals surface area contributed by atoms with Crippen molar-refractivity contribution in [3.63, 3.8) is 0 Å². The van der Waals surface area contributed by atoms with Gasteiger partial charge in [-0.3, -0.25) is 0 Å². The van der Waals surface area contributed by atoms with Gasteiger partial charge in [-0.2, -0.15) is 0 Å². The minimum atomic E-state index is 0.354. The molecule has 0 saturated carbocycles. The molecule has 0 aliphatic heterocycles. The second kappa shape index (κ2) is 5.94. The molecule has 0 spiro atoms. The zero-order chi connectivity index (χ0) is 8.85. The van der Waals surface area contributed by atoms with E-state index in [1.807, 2.05) is 19.9 Å². The third kappa shape index (κ3) is 4.74. The van der Waals surface area contributed by atoms with Crippen LogP contribution in [-0.2, 0) is 4.18 Å². The molecule has 1 nitrogen and oxygen atoms in total. The van der Waals surface area contributed by atoms with Crippen molar-refractivity contribution < 1.29 is 4.18 Å². The zero-order valence-corrected chi connectivity index (χ0v) is 9.85. The van der Waals surface area contributed by atoms with E-state index in [-0.39, 0.29) is 0 Å². The maximum absolute atomic E-state index is 4.87. The summed E-state index contributed by atoms with van der Waals surface area (Å²) in [5.41, 5.74) is 1.16. The van der Waals surface area contributed by atoms with Crippen LogP contribution in [0.15, 0.2) is 24.0 Å². The van der Waals surface area contributed by atoms with E-state index in [1.54, 1.807) is 0 Å². The van der Waals surface area contributed by atoms with Crippen LogP contribution < -0.4 is 0 Å². The third-order valence-electron chi connectivity index (χ3n) is 1.23. The summed E-state index contributed by atoms with van der Waals surface area (Å²) < 4.78 is 5.22. The van der Waals surface area contributed by atoms with E-state index in [0.717, 1.165) is 17.8 Å². The Kier molecular flexibility index (Phi) is 6.14. The molecule has 0 bridgehead atoms. The lowest BCUT2D eigenvalue weighted by Crippen LogP contribution is -2.02. The Hall–Kier alpha value is 0.360. The van der Waals surface area contributed by atoms with E-state index in [2.05, 4.69) is 42.1 Å². The van der Waals surface area contributed by atoms with E-state index in [4.69, 9.17) is 4.18 Å². The first-order valence-corrected chi connectivity index (χ1v) is 4.99. The molecule has 11 heavy (non-hydrogen) atoms. The van der Waals surface area contributed by atoms with Gasteiger partial charge in [-0.05, 0) is 26.3 Å². The largest absolute Gasteiger partial charge is 0.433 e. The molecule has 0 unspecified atom stereocenters. The van der Waals surface area contributed by atoms with Crippen LogP contribution in [0.5, 0.6) is 0 Å². The van der Waals surface area contributed by atoms with Gasteiger partial charge in [0.05, 0.1) is 3.92 Å². The number of rotatable bonds is 4. The van der Waals surface area contributed by atoms with Crippen molar-refractivity contribution in [1.82, 2.24) is 0 Å². The second-order valence-electron chi connectivity index (χ2n) is 2.41. The lowest BCUT2D eigenvalue weighted by atomic mass is 10.1. The van der Waals surface area contributed by atoms with E-state index in [1.165, 1.54) is 0 Å². The van der Waals surface area contributed by atoms with Gasteiger partial charge in [-0.25, -0.2) is 0 Å². The summed E-state index contributed by atoms with van der Waals surface area (Å²) >= 11 is 6.07. The standard InChI is InChI=1S/C8H13IOS/c1-4-8(10-11)7(9)5-6(2)3/h4,7,11H,2,5H2,1,3H3/b8-4+/t7-/m1/s1. The maximum Gasteiger partial charge on any atom is 0.122 e. The fraction of sp³-hybridized carbons (Fsp3) is 0.500. The predicted molar refractivity (Wildman–Crippen MR) is 61.1 cm³/mol. The molecule has 0 radical (unpaired) electrons. The molecule has 0 aliphatic carbocycles. The Balaban J connectivity index is 4.00. The summed E-state index contributed by atoms with van der Waals surface area (Å²) in [6, 6.07) is 0. The Bertz CT molecular complexity index is 165. The van der Waals surface area contributed by atoms with Crippen molar-refractivity contribution in [2.45, 2.75) is 24.2 Å². The molecular formula is C8H13IOS. The summed E-state index contributed by atoms with van der Waals surface area (Å²) in [5, 5.41) is 0. The summed E-state index contributed by atoms with van der Waals surface area (Å²) in [6.45, 7) is 7.79. The number of thiol groups is 1. The summed E-state index contributed by atoms with van der Waals surface area (Å²) in [4.78, 5) is 0. The molecule has 0 aromatic carbocycles. The smallest absolute Gasteiger partial charge is 0.122 e. The van der Waals surface area contributed by atoms with Crippen LogP contribution >= 0.6 is 35.5 Å². The first kappa shape index (κ1) is 11.4. The average molecular weight is 284 g/mol. The average Bonchev–Trinajstić information content (AvgIpc) is 1.88. The molecule has 0 aromatic heterocycles. The van der Waals surface area contributed by atoms with Crippen LogP contribution in [0.2, 0.25) is 0 Å². The molecule has 1 atom stereocenters. The molecule has 0 aromatic rings. The van der Waals surface area contributed by atoms with Crippen LogP contribution in [0.1, 0.15) is 20.3 Å². The van der Waals surface area contributed by atoms with Crippen molar-refractivity contribution in [1.29, 1.82) is 0 Å². The molecule has 0 aliphatic rings. The molecule has 64 valence electrons. The van der Waals surface area contributed by atoms with Gasteiger partial charge >= 0.3 is 0 Å². The van der Waals surface area contributed by atoms with Crippen LogP contribution in [0, 0.1) is 0 Å². The SMILES string of the molecule is C=C(C)C[C@@H](I)/C(=C\C)OS. The van der Waals surface area contributed by atoms with Crippen molar-refractivity contribution >= 4 is 35.5 Å². The van der Waals surface area contributed by atoms with Crippen LogP contribution in [-0.4, -0.2) is 3.92 Å². The van der Waals surface area contributed by atoms with Gasteiger partial charge in [-0.15, -0.1) is 6.58 Å². The van der Waals surface area contributed by atoms with E-state index in [0.29, 0.717) is 3.92 Å². The van der Waals surface area contributed by atoms with Crippen molar-refractivity contribution in [3.8, 4) is 0 Å². The quantitative estimate of drug-likeness (QED) is 0.207. The minimum Gasteiger partial charge on any atom is -0.433 e. The van der Waals surface area contributed by atoms with E-state index >= 15 is 0 Å². The lowest BCUT2D eigenvalue weighted by molar-refractivity contribution is 0.486. The fourth-order valence-electron chi connectivity index (χ4n) is 0.697. The normalized spacial score (nSPS) is 14.4. The monoisotopic (exact) mass is 284 g/mol. The Labute approximate surface area is 87.7 Å². The van der Waals surface area contributed by atoms with Crippen LogP contribution in [0.4, 0.5) is 0 Å². The highest BCUT2D eigenvalue weighted by atomic mass is 127. The molecule has 0 fully saturated rings. The third-order valence-corrected chi connectivity index (χ3v) is 2.49. The molecule has 3 heteroatoms. The highest BCUT2D eigenvalue weighted by molar-refractivity contribution is 14.1. The summed E-state index contributed by atoms with van der Waals surface area (Å²) in [6.07, 6.45) is 2.87. The Morgan fingerprint density at radius 3 is 2.64 bits per heavy atom. The van der Waals surface area contributed by atoms with Crippen molar-refractivity contribution in [3.05, 3.63) is 24.0 Å². The van der Waals surface area contributed by atoms with Gasteiger partial charge in [0.1, 0.15) is 5.76 Å². The fourth-order valence-corrected chi connectivity index (χ4v) is 2.37. The second-order valence-corrected chi connectivity index (χ2v) is 4.10. The van der Waals surface area contributed by atoms with Crippen molar-refractivity contribution in [2.75, 3.05) is 0 Å². The summed E-state index contributed by atoms with van der Waals surface area (Å²) in [7, 11) is 0. The molecule has 0 N–H and O–H groups in total. The van der Waals surface area contributed by atoms with Crippen LogP contribution in [0.25, 0.3) is 0 Å². The molecule has 0 amide bonds. The van der Waals surface area contributed by atoms with Gasteiger partial charge in [0, 0.05) is 12.9 Å². The van der Waals surface area contributed by atoms with Gasteiger partial charge in [0.15, 0.2) is 0 Å². The number of allylic oxidation sites excluding steroid dienone is 3. The molecule has 0 rings (SSSR count). The number of hydrogen-bond donors (Lipinski definition) is 1. The van der Waals surface area contributed by atoms with Gasteiger partial charge < -0.3 is 4.18 Å². The topological polar surface area (TPSA) is 9.23 Å². The summed E-state index contributed by atoms with van der Waals surface area (Å²) in [5.74, 6) is 0.900. The molecule has 0 saturated heterocycles.